The molecule has 0 atom stereocenters. The van der Waals surface area contributed by atoms with Crippen LogP contribution in [-0.2, 0) is 9.31 Å². The Bertz CT molecular complexity index is 614. The van der Waals surface area contributed by atoms with Gasteiger partial charge in [0.2, 0.25) is 0 Å². The van der Waals surface area contributed by atoms with Crippen molar-refractivity contribution in [3.63, 3.8) is 0 Å². The van der Waals surface area contributed by atoms with E-state index in [2.05, 4.69) is 11.4 Å². The lowest BCUT2D eigenvalue weighted by molar-refractivity contribution is 0.00578. The minimum atomic E-state index is -0.392. The van der Waals surface area contributed by atoms with Crippen molar-refractivity contribution in [2.24, 2.45) is 0 Å². The highest BCUT2D eigenvalue weighted by Crippen LogP contribution is 2.36. The molecule has 0 spiro atoms. The summed E-state index contributed by atoms with van der Waals surface area (Å²) in [4.78, 5) is 0. The molecule has 2 fully saturated rings. The van der Waals surface area contributed by atoms with Gasteiger partial charge in [-0.15, -0.1) is 0 Å². The third kappa shape index (κ3) is 3.11. The zero-order valence-corrected chi connectivity index (χ0v) is 14.5. The van der Waals surface area contributed by atoms with Gasteiger partial charge in [0.25, 0.3) is 0 Å². The lowest BCUT2D eigenvalue weighted by atomic mass is 9.78. The quantitative estimate of drug-likeness (QED) is 0.871. The number of hydrogen-bond donors (Lipinski definition) is 1. The van der Waals surface area contributed by atoms with Crippen LogP contribution >= 0.6 is 0 Å². The molecule has 1 aliphatic carbocycles. The molecule has 1 aromatic carbocycles. The van der Waals surface area contributed by atoms with Gasteiger partial charge in [0.15, 0.2) is 0 Å². The van der Waals surface area contributed by atoms with Crippen molar-refractivity contribution < 1.29 is 9.31 Å². The fourth-order valence-electron chi connectivity index (χ4n) is 3.19. The van der Waals surface area contributed by atoms with E-state index < -0.39 is 7.12 Å². The molecule has 0 unspecified atom stereocenters. The molecule has 1 saturated heterocycles. The molecular weight excluding hydrogens is 287 g/mol. The van der Waals surface area contributed by atoms with Crippen molar-refractivity contribution in [2.45, 2.75) is 70.6 Å². The maximum Gasteiger partial charge on any atom is 0.494 e. The van der Waals surface area contributed by atoms with E-state index in [0.717, 1.165) is 11.2 Å². The lowest BCUT2D eigenvalue weighted by Crippen LogP contribution is -2.41. The Hall–Kier alpha value is -1.51. The van der Waals surface area contributed by atoms with Gasteiger partial charge in [-0.05, 0) is 58.1 Å². The molecule has 4 nitrogen and oxygen atoms in total. The molecule has 1 aliphatic heterocycles. The fraction of sp³-hybridized carbons (Fsp3) is 0.611. The molecule has 0 bridgehead atoms. The second kappa shape index (κ2) is 5.85. The monoisotopic (exact) mass is 312 g/mol. The summed E-state index contributed by atoms with van der Waals surface area (Å²) in [5.74, 6) is 0. The molecule has 1 heterocycles. The van der Waals surface area contributed by atoms with Gasteiger partial charge in [-0.25, -0.2) is 0 Å². The number of hydrogen-bond acceptors (Lipinski definition) is 4. The van der Waals surface area contributed by atoms with Crippen molar-refractivity contribution in [1.82, 2.24) is 0 Å². The molecule has 1 saturated carbocycles. The SMILES string of the molecule is CC1(C)OB(c2ccc(C#N)c(NC3CCCC3)c2)OC1(C)C. The number of nitrogens with one attached hydrogen (secondary N) is 1. The molecule has 0 amide bonds. The third-order valence-corrected chi connectivity index (χ3v) is 5.40. The predicted molar refractivity (Wildman–Crippen MR) is 92.8 cm³/mol. The largest absolute Gasteiger partial charge is 0.494 e. The van der Waals surface area contributed by atoms with Crippen LogP contribution in [0.25, 0.3) is 0 Å². The van der Waals surface area contributed by atoms with E-state index in [1.165, 1.54) is 25.7 Å². The molecular formula is C18H25BN2O2. The Kier molecular flexibility index (Phi) is 4.16. The second-order valence-electron chi connectivity index (χ2n) is 7.63. The standard InChI is InChI=1S/C18H25BN2O2/c1-17(2)18(3,4)23-19(22-17)14-10-9-13(12-20)16(11-14)21-15-7-5-6-8-15/h9-11,15,21H,5-8H2,1-4H3. The summed E-state index contributed by atoms with van der Waals surface area (Å²) in [7, 11) is -0.392. The first-order valence-electron chi connectivity index (χ1n) is 8.49. The van der Waals surface area contributed by atoms with E-state index in [1.54, 1.807) is 0 Å². The van der Waals surface area contributed by atoms with Gasteiger partial charge in [-0.2, -0.15) is 5.26 Å². The summed E-state index contributed by atoms with van der Waals surface area (Å²) in [6, 6.07) is 8.55. The Morgan fingerprint density at radius 3 is 2.30 bits per heavy atom. The van der Waals surface area contributed by atoms with Crippen molar-refractivity contribution in [2.75, 3.05) is 5.32 Å². The number of nitriles is 1. The number of anilines is 1. The minimum absolute atomic E-state index is 0.357. The maximum atomic E-state index is 9.36. The summed E-state index contributed by atoms with van der Waals surface area (Å²) >= 11 is 0. The van der Waals surface area contributed by atoms with Crippen molar-refractivity contribution >= 4 is 18.3 Å². The van der Waals surface area contributed by atoms with E-state index in [0.29, 0.717) is 11.6 Å². The van der Waals surface area contributed by atoms with Crippen LogP contribution in [0.15, 0.2) is 18.2 Å². The van der Waals surface area contributed by atoms with Gasteiger partial charge in [-0.3, -0.25) is 0 Å². The van der Waals surface area contributed by atoms with Crippen LogP contribution in [0.1, 0.15) is 58.9 Å². The van der Waals surface area contributed by atoms with E-state index >= 15 is 0 Å². The van der Waals surface area contributed by atoms with Crippen molar-refractivity contribution in [3.8, 4) is 6.07 Å². The van der Waals surface area contributed by atoms with Gasteiger partial charge < -0.3 is 14.6 Å². The normalized spacial score (nSPS) is 23.0. The molecule has 1 N–H and O–H groups in total. The van der Waals surface area contributed by atoms with Gasteiger partial charge in [-0.1, -0.05) is 18.9 Å². The van der Waals surface area contributed by atoms with E-state index in [4.69, 9.17) is 9.31 Å². The number of nitrogens with zero attached hydrogens (tertiary/aromatic N) is 1. The topological polar surface area (TPSA) is 54.3 Å². The third-order valence-electron chi connectivity index (χ3n) is 5.40. The van der Waals surface area contributed by atoms with Gasteiger partial charge in [0.1, 0.15) is 6.07 Å². The van der Waals surface area contributed by atoms with Crippen LogP contribution in [0.3, 0.4) is 0 Å². The number of rotatable bonds is 3. The van der Waals surface area contributed by atoms with Crippen LogP contribution < -0.4 is 10.8 Å². The first-order valence-corrected chi connectivity index (χ1v) is 8.49. The minimum Gasteiger partial charge on any atom is -0.399 e. The van der Waals surface area contributed by atoms with E-state index in [1.807, 2.05) is 45.9 Å². The van der Waals surface area contributed by atoms with Gasteiger partial charge in [0.05, 0.1) is 22.5 Å². The molecule has 1 aromatic rings. The Morgan fingerprint density at radius 2 is 1.74 bits per heavy atom. The number of benzene rings is 1. The Morgan fingerprint density at radius 1 is 1.13 bits per heavy atom. The maximum absolute atomic E-state index is 9.36. The molecule has 5 heteroatoms. The predicted octanol–water partition coefficient (Wildman–Crippen LogP) is 3.21. The summed E-state index contributed by atoms with van der Waals surface area (Å²) in [6.45, 7) is 8.20. The van der Waals surface area contributed by atoms with Crippen molar-refractivity contribution in [1.29, 1.82) is 5.26 Å². The van der Waals surface area contributed by atoms with Crippen LogP contribution in [0, 0.1) is 11.3 Å². The van der Waals surface area contributed by atoms with E-state index in [-0.39, 0.29) is 11.2 Å². The highest BCUT2D eigenvalue weighted by atomic mass is 16.7. The Labute approximate surface area is 139 Å². The first kappa shape index (κ1) is 16.4. The lowest BCUT2D eigenvalue weighted by Gasteiger charge is -2.32. The summed E-state index contributed by atoms with van der Waals surface area (Å²) in [6.07, 6.45) is 4.87. The van der Waals surface area contributed by atoms with Crippen LogP contribution in [0.5, 0.6) is 0 Å². The molecule has 0 aromatic heterocycles. The zero-order chi connectivity index (χ0) is 16.7. The van der Waals surface area contributed by atoms with E-state index in [9.17, 15) is 5.26 Å². The average Bonchev–Trinajstić information content (AvgIpc) is 3.05. The smallest absolute Gasteiger partial charge is 0.399 e. The van der Waals surface area contributed by atoms with Gasteiger partial charge >= 0.3 is 7.12 Å². The van der Waals surface area contributed by atoms with Crippen LogP contribution in [0.4, 0.5) is 5.69 Å². The molecule has 23 heavy (non-hydrogen) atoms. The highest BCUT2D eigenvalue weighted by molar-refractivity contribution is 6.62. The molecule has 0 radical (unpaired) electrons. The van der Waals surface area contributed by atoms with Crippen LogP contribution in [0.2, 0.25) is 0 Å². The fourth-order valence-corrected chi connectivity index (χ4v) is 3.19. The Balaban J connectivity index is 1.85. The first-order chi connectivity index (χ1) is 10.8. The average molecular weight is 312 g/mol. The highest BCUT2D eigenvalue weighted by Gasteiger charge is 2.51. The summed E-state index contributed by atoms with van der Waals surface area (Å²) < 4.78 is 12.2. The second-order valence-corrected chi connectivity index (χ2v) is 7.63. The molecule has 122 valence electrons. The summed E-state index contributed by atoms with van der Waals surface area (Å²) in [5, 5.41) is 12.9. The summed E-state index contributed by atoms with van der Waals surface area (Å²) in [5.41, 5.74) is 1.82. The van der Waals surface area contributed by atoms with Crippen molar-refractivity contribution in [3.05, 3.63) is 23.8 Å². The van der Waals surface area contributed by atoms with Crippen LogP contribution in [-0.4, -0.2) is 24.4 Å². The van der Waals surface area contributed by atoms with Gasteiger partial charge in [0, 0.05) is 6.04 Å². The molecule has 3 rings (SSSR count). The zero-order valence-electron chi connectivity index (χ0n) is 14.5. The molecule has 2 aliphatic rings.